The number of nitro benzene ring substituents is 1. The van der Waals surface area contributed by atoms with Crippen LogP contribution in [0.15, 0.2) is 12.1 Å². The minimum Gasteiger partial charge on any atom is -0.493 e. The van der Waals surface area contributed by atoms with Gasteiger partial charge in [0.2, 0.25) is 6.10 Å². The van der Waals surface area contributed by atoms with E-state index in [9.17, 15) is 19.7 Å². The van der Waals surface area contributed by atoms with Crippen molar-refractivity contribution in [1.82, 2.24) is 0 Å². The Balaban J connectivity index is 2.35. The first-order chi connectivity index (χ1) is 10.9. The molecular formula is C14H15NO8. The van der Waals surface area contributed by atoms with Crippen LogP contribution in [0.1, 0.15) is 23.7 Å². The number of nitro groups is 1. The van der Waals surface area contributed by atoms with Crippen LogP contribution in [0.2, 0.25) is 0 Å². The molecule has 0 bridgehead atoms. The van der Waals surface area contributed by atoms with Gasteiger partial charge in [-0.05, 0) is 6.92 Å². The highest BCUT2D eigenvalue weighted by Crippen LogP contribution is 2.35. The fraction of sp³-hybridized carbons (Fsp3) is 0.429. The Morgan fingerprint density at radius 2 is 1.91 bits per heavy atom. The zero-order chi connectivity index (χ0) is 17.1. The third-order valence-corrected chi connectivity index (χ3v) is 3.29. The normalized spacial score (nSPS) is 19.9. The van der Waals surface area contributed by atoms with E-state index in [0.29, 0.717) is 0 Å². The van der Waals surface area contributed by atoms with Crippen LogP contribution in [0.5, 0.6) is 11.5 Å². The third-order valence-electron chi connectivity index (χ3n) is 3.29. The summed E-state index contributed by atoms with van der Waals surface area (Å²) in [6, 6.07) is 2.20. The van der Waals surface area contributed by atoms with Crippen LogP contribution in [0.25, 0.3) is 0 Å². The van der Waals surface area contributed by atoms with Gasteiger partial charge in [0.15, 0.2) is 11.5 Å². The monoisotopic (exact) mass is 325 g/mol. The molecule has 0 amide bonds. The number of hydrogen-bond donors (Lipinski definition) is 0. The second-order valence-electron chi connectivity index (χ2n) is 4.86. The summed E-state index contributed by atoms with van der Waals surface area (Å²) in [4.78, 5) is 34.1. The summed E-state index contributed by atoms with van der Waals surface area (Å²) in [6.45, 7) is 1.66. The number of cyclic esters (lactones) is 1. The van der Waals surface area contributed by atoms with Crippen LogP contribution >= 0.6 is 0 Å². The van der Waals surface area contributed by atoms with E-state index >= 15 is 0 Å². The average molecular weight is 325 g/mol. The lowest BCUT2D eigenvalue weighted by Crippen LogP contribution is -2.23. The van der Waals surface area contributed by atoms with Crippen molar-refractivity contribution in [2.45, 2.75) is 25.6 Å². The highest BCUT2D eigenvalue weighted by Gasteiger charge is 2.37. The first-order valence-electron chi connectivity index (χ1n) is 6.69. The number of benzene rings is 1. The summed E-state index contributed by atoms with van der Waals surface area (Å²) in [5, 5.41) is 11.2. The topological polar surface area (TPSA) is 114 Å². The van der Waals surface area contributed by atoms with Gasteiger partial charge >= 0.3 is 11.9 Å². The summed E-state index contributed by atoms with van der Waals surface area (Å²) in [7, 11) is 2.64. The standard InChI is InChI=1S/C14H15NO8/c1-7-4-12(14(17)22-7)23-13(16)8-5-10(20-2)11(21-3)6-9(8)15(18)19/h5-7,12H,4H2,1-3H3/t7-,12-/m1/s1. The number of carbonyl (C=O) groups excluding carboxylic acids is 2. The van der Waals surface area contributed by atoms with Crippen LogP contribution in [-0.2, 0) is 14.3 Å². The second kappa shape index (κ2) is 6.51. The van der Waals surface area contributed by atoms with Gasteiger partial charge in [-0.15, -0.1) is 0 Å². The van der Waals surface area contributed by atoms with Crippen molar-refractivity contribution >= 4 is 17.6 Å². The maximum absolute atomic E-state index is 12.2. The zero-order valence-corrected chi connectivity index (χ0v) is 12.7. The van der Waals surface area contributed by atoms with Gasteiger partial charge in [-0.1, -0.05) is 0 Å². The Kier molecular flexibility index (Phi) is 4.68. The number of hydrogen-bond acceptors (Lipinski definition) is 8. The molecule has 1 fully saturated rings. The molecule has 1 saturated heterocycles. The van der Waals surface area contributed by atoms with Crippen LogP contribution in [0.4, 0.5) is 5.69 Å². The van der Waals surface area contributed by atoms with E-state index in [0.717, 1.165) is 12.1 Å². The quantitative estimate of drug-likeness (QED) is 0.454. The fourth-order valence-electron chi connectivity index (χ4n) is 2.19. The number of nitrogens with zero attached hydrogens (tertiary/aromatic N) is 1. The molecule has 2 rings (SSSR count). The molecule has 2 atom stereocenters. The Labute approximate surface area is 131 Å². The molecule has 9 nitrogen and oxygen atoms in total. The summed E-state index contributed by atoms with van der Waals surface area (Å²) < 4.78 is 19.9. The van der Waals surface area contributed by atoms with Crippen molar-refractivity contribution in [2.24, 2.45) is 0 Å². The van der Waals surface area contributed by atoms with Crippen LogP contribution < -0.4 is 9.47 Å². The van der Waals surface area contributed by atoms with E-state index in [4.69, 9.17) is 18.9 Å². The Hall–Kier alpha value is -2.84. The molecule has 1 aromatic rings. The van der Waals surface area contributed by atoms with Crippen molar-refractivity contribution in [3.05, 3.63) is 27.8 Å². The van der Waals surface area contributed by atoms with Crippen LogP contribution in [0.3, 0.4) is 0 Å². The van der Waals surface area contributed by atoms with E-state index in [1.165, 1.54) is 14.2 Å². The van der Waals surface area contributed by atoms with Crippen molar-refractivity contribution in [2.75, 3.05) is 14.2 Å². The van der Waals surface area contributed by atoms with E-state index in [1.54, 1.807) is 6.92 Å². The van der Waals surface area contributed by atoms with Gasteiger partial charge in [0.1, 0.15) is 11.7 Å². The Morgan fingerprint density at radius 1 is 1.30 bits per heavy atom. The summed E-state index contributed by atoms with van der Waals surface area (Å²) in [5.74, 6) is -1.44. The van der Waals surface area contributed by atoms with Crippen molar-refractivity contribution in [1.29, 1.82) is 0 Å². The van der Waals surface area contributed by atoms with E-state index in [1.807, 2.05) is 0 Å². The van der Waals surface area contributed by atoms with Crippen molar-refractivity contribution in [3.63, 3.8) is 0 Å². The molecule has 0 unspecified atom stereocenters. The minimum absolute atomic E-state index is 0.102. The molecule has 124 valence electrons. The number of rotatable bonds is 5. The largest absolute Gasteiger partial charge is 0.493 e. The van der Waals surface area contributed by atoms with E-state index in [-0.39, 0.29) is 29.6 Å². The second-order valence-corrected chi connectivity index (χ2v) is 4.86. The van der Waals surface area contributed by atoms with Gasteiger partial charge in [-0.25, -0.2) is 9.59 Å². The lowest BCUT2D eigenvalue weighted by molar-refractivity contribution is -0.385. The predicted octanol–water partition coefficient (Wildman–Crippen LogP) is 1.47. The molecule has 23 heavy (non-hydrogen) atoms. The average Bonchev–Trinajstić information content (AvgIpc) is 2.83. The molecule has 0 saturated carbocycles. The smallest absolute Gasteiger partial charge is 0.347 e. The molecular weight excluding hydrogens is 310 g/mol. The van der Waals surface area contributed by atoms with Gasteiger partial charge in [0.25, 0.3) is 5.69 Å². The molecule has 1 heterocycles. The van der Waals surface area contributed by atoms with E-state index < -0.39 is 28.7 Å². The predicted molar refractivity (Wildman–Crippen MR) is 75.6 cm³/mol. The SMILES string of the molecule is COc1cc(C(=O)O[C@@H]2C[C@@H](C)OC2=O)c([N+](=O)[O-])cc1OC. The number of ether oxygens (including phenoxy) is 4. The summed E-state index contributed by atoms with van der Waals surface area (Å²) in [5.41, 5.74) is -0.841. The summed E-state index contributed by atoms with van der Waals surface area (Å²) in [6.07, 6.45) is -1.25. The maximum Gasteiger partial charge on any atom is 0.347 e. The highest BCUT2D eigenvalue weighted by atomic mass is 16.6. The van der Waals surface area contributed by atoms with Gasteiger partial charge in [0, 0.05) is 12.5 Å². The summed E-state index contributed by atoms with van der Waals surface area (Å²) >= 11 is 0. The molecule has 0 spiro atoms. The maximum atomic E-state index is 12.2. The highest BCUT2D eigenvalue weighted by molar-refractivity contribution is 5.96. The molecule has 0 N–H and O–H groups in total. The lowest BCUT2D eigenvalue weighted by Gasteiger charge is -2.12. The molecule has 1 aliphatic rings. The van der Waals surface area contributed by atoms with Gasteiger partial charge < -0.3 is 18.9 Å². The molecule has 1 aromatic carbocycles. The van der Waals surface area contributed by atoms with E-state index in [2.05, 4.69) is 0 Å². The first kappa shape index (κ1) is 16.5. The van der Waals surface area contributed by atoms with Gasteiger partial charge in [0.05, 0.1) is 25.2 Å². The molecule has 0 radical (unpaired) electrons. The van der Waals surface area contributed by atoms with Crippen molar-refractivity contribution < 1.29 is 33.5 Å². The Morgan fingerprint density at radius 3 is 2.39 bits per heavy atom. The number of esters is 2. The zero-order valence-electron chi connectivity index (χ0n) is 12.7. The molecule has 1 aliphatic heterocycles. The molecule has 9 heteroatoms. The third kappa shape index (κ3) is 3.33. The van der Waals surface area contributed by atoms with Gasteiger partial charge in [-0.3, -0.25) is 10.1 Å². The van der Waals surface area contributed by atoms with Crippen LogP contribution in [0, 0.1) is 10.1 Å². The number of carbonyl (C=O) groups is 2. The molecule has 0 aliphatic carbocycles. The fourth-order valence-corrected chi connectivity index (χ4v) is 2.19. The minimum atomic E-state index is -1.08. The lowest BCUT2D eigenvalue weighted by atomic mass is 10.1. The number of methoxy groups -OCH3 is 2. The van der Waals surface area contributed by atoms with Crippen LogP contribution in [-0.4, -0.2) is 43.3 Å². The van der Waals surface area contributed by atoms with Gasteiger partial charge in [-0.2, -0.15) is 0 Å². The Bertz CT molecular complexity index is 656. The molecule has 0 aromatic heterocycles. The van der Waals surface area contributed by atoms with Crippen molar-refractivity contribution in [3.8, 4) is 11.5 Å². The first-order valence-corrected chi connectivity index (χ1v) is 6.69.